The maximum atomic E-state index is 5.95. The first-order valence-electron chi connectivity index (χ1n) is 5.91. The van der Waals surface area contributed by atoms with Crippen LogP contribution in [0.3, 0.4) is 0 Å². The van der Waals surface area contributed by atoms with Gasteiger partial charge in [0.1, 0.15) is 0 Å². The minimum atomic E-state index is 0.109. The second-order valence-electron chi connectivity index (χ2n) is 5.23. The molecule has 1 heterocycles. The Morgan fingerprint density at radius 1 is 1.50 bits per heavy atom. The van der Waals surface area contributed by atoms with E-state index >= 15 is 0 Å². The van der Waals surface area contributed by atoms with Gasteiger partial charge < -0.3 is 5.73 Å². The smallest absolute Gasteiger partial charge is 0.0330 e. The molecule has 1 unspecified atom stereocenters. The predicted octanol–water partition coefficient (Wildman–Crippen LogP) is 2.94. The first kappa shape index (κ1) is 13.7. The Kier molecular flexibility index (Phi) is 4.96. The van der Waals surface area contributed by atoms with E-state index in [1.165, 1.54) is 4.88 Å². The lowest BCUT2D eigenvalue weighted by atomic mass is 9.89. The molecule has 0 bridgehead atoms. The van der Waals surface area contributed by atoms with Crippen molar-refractivity contribution < 1.29 is 0 Å². The molecule has 0 fully saturated rings. The summed E-state index contributed by atoms with van der Waals surface area (Å²) in [6, 6.07) is 4.30. The number of nitrogens with zero attached hydrogens (tertiary/aromatic N) is 1. The molecule has 0 saturated heterocycles. The fourth-order valence-electron chi connectivity index (χ4n) is 2.10. The molecule has 0 saturated carbocycles. The SMILES string of the molecule is CC(C)CC(C)(CN)N(C)Cc1cccs1. The van der Waals surface area contributed by atoms with E-state index in [1.807, 2.05) is 11.3 Å². The van der Waals surface area contributed by atoms with Gasteiger partial charge in [0, 0.05) is 23.5 Å². The zero-order valence-corrected chi connectivity index (χ0v) is 11.7. The van der Waals surface area contributed by atoms with E-state index < -0.39 is 0 Å². The number of rotatable bonds is 6. The number of hydrogen-bond donors (Lipinski definition) is 1. The highest BCUT2D eigenvalue weighted by molar-refractivity contribution is 7.09. The van der Waals surface area contributed by atoms with E-state index in [0.29, 0.717) is 12.5 Å². The summed E-state index contributed by atoms with van der Waals surface area (Å²) in [7, 11) is 2.18. The van der Waals surface area contributed by atoms with Crippen molar-refractivity contribution >= 4 is 11.3 Å². The summed E-state index contributed by atoms with van der Waals surface area (Å²) in [6.07, 6.45) is 1.14. The van der Waals surface area contributed by atoms with Crippen LogP contribution in [-0.4, -0.2) is 24.0 Å². The standard InChI is InChI=1S/C13H24N2S/c1-11(2)8-13(3,10-14)15(4)9-12-6-5-7-16-12/h5-7,11H,8-10,14H2,1-4H3. The van der Waals surface area contributed by atoms with Crippen molar-refractivity contribution in [1.82, 2.24) is 4.90 Å². The van der Waals surface area contributed by atoms with Crippen molar-refractivity contribution in [1.29, 1.82) is 0 Å². The van der Waals surface area contributed by atoms with E-state index in [9.17, 15) is 0 Å². The summed E-state index contributed by atoms with van der Waals surface area (Å²) >= 11 is 1.81. The summed E-state index contributed by atoms with van der Waals surface area (Å²) in [5.41, 5.74) is 6.06. The summed E-state index contributed by atoms with van der Waals surface area (Å²) in [5.74, 6) is 0.680. The van der Waals surface area contributed by atoms with Gasteiger partial charge in [0.25, 0.3) is 0 Å². The van der Waals surface area contributed by atoms with Gasteiger partial charge in [-0.1, -0.05) is 19.9 Å². The Balaban J connectivity index is 2.64. The number of likely N-dealkylation sites (N-methyl/N-ethyl adjacent to an activating group) is 1. The zero-order chi connectivity index (χ0) is 12.2. The molecule has 1 aromatic rings. The molecule has 2 nitrogen and oxygen atoms in total. The summed E-state index contributed by atoms with van der Waals surface area (Å²) in [4.78, 5) is 3.80. The Morgan fingerprint density at radius 3 is 2.62 bits per heavy atom. The second kappa shape index (κ2) is 5.80. The van der Waals surface area contributed by atoms with Crippen molar-refractivity contribution in [2.75, 3.05) is 13.6 Å². The van der Waals surface area contributed by atoms with Gasteiger partial charge in [-0.05, 0) is 37.8 Å². The van der Waals surface area contributed by atoms with Crippen LogP contribution in [0.4, 0.5) is 0 Å². The lowest BCUT2D eigenvalue weighted by molar-refractivity contribution is 0.113. The van der Waals surface area contributed by atoms with Crippen molar-refractivity contribution in [3.8, 4) is 0 Å². The van der Waals surface area contributed by atoms with E-state index in [1.54, 1.807) is 0 Å². The molecule has 1 aromatic heterocycles. The molecule has 0 aliphatic carbocycles. The van der Waals surface area contributed by atoms with Crippen LogP contribution in [-0.2, 0) is 6.54 Å². The lowest BCUT2D eigenvalue weighted by Crippen LogP contribution is -2.50. The minimum Gasteiger partial charge on any atom is -0.329 e. The van der Waals surface area contributed by atoms with Crippen LogP contribution in [0, 0.1) is 5.92 Å². The molecule has 3 heteroatoms. The molecule has 1 rings (SSSR count). The Labute approximate surface area is 103 Å². The molecule has 0 amide bonds. The van der Waals surface area contributed by atoms with Gasteiger partial charge in [0.15, 0.2) is 0 Å². The fourth-order valence-corrected chi connectivity index (χ4v) is 2.86. The van der Waals surface area contributed by atoms with Gasteiger partial charge in [-0.25, -0.2) is 0 Å². The van der Waals surface area contributed by atoms with Gasteiger partial charge >= 0.3 is 0 Å². The van der Waals surface area contributed by atoms with Crippen molar-refractivity contribution in [2.24, 2.45) is 11.7 Å². The van der Waals surface area contributed by atoms with Gasteiger partial charge in [0.2, 0.25) is 0 Å². The average molecular weight is 240 g/mol. The fraction of sp³-hybridized carbons (Fsp3) is 0.692. The van der Waals surface area contributed by atoms with E-state index in [-0.39, 0.29) is 5.54 Å². The van der Waals surface area contributed by atoms with Gasteiger partial charge in [0.05, 0.1) is 0 Å². The molecule has 0 radical (unpaired) electrons. The number of nitrogens with two attached hydrogens (primary N) is 1. The van der Waals surface area contributed by atoms with Crippen LogP contribution in [0.5, 0.6) is 0 Å². The highest BCUT2D eigenvalue weighted by atomic mass is 32.1. The van der Waals surface area contributed by atoms with E-state index in [2.05, 4.69) is 50.2 Å². The molecular formula is C13H24N2S. The minimum absolute atomic E-state index is 0.109. The maximum absolute atomic E-state index is 5.95. The van der Waals surface area contributed by atoms with E-state index in [0.717, 1.165) is 13.0 Å². The molecular weight excluding hydrogens is 216 g/mol. The monoisotopic (exact) mass is 240 g/mol. The highest BCUT2D eigenvalue weighted by Gasteiger charge is 2.28. The predicted molar refractivity (Wildman–Crippen MR) is 72.7 cm³/mol. The normalized spacial score (nSPS) is 15.7. The molecule has 92 valence electrons. The third-order valence-electron chi connectivity index (χ3n) is 3.18. The number of thiophene rings is 1. The van der Waals surface area contributed by atoms with Crippen LogP contribution >= 0.6 is 11.3 Å². The van der Waals surface area contributed by atoms with Gasteiger partial charge in [-0.3, -0.25) is 4.90 Å². The molecule has 1 atom stereocenters. The van der Waals surface area contributed by atoms with Gasteiger partial charge in [-0.2, -0.15) is 0 Å². The van der Waals surface area contributed by atoms with Crippen molar-refractivity contribution in [3.63, 3.8) is 0 Å². The van der Waals surface area contributed by atoms with Crippen LogP contribution in [0.1, 0.15) is 32.1 Å². The second-order valence-corrected chi connectivity index (χ2v) is 6.27. The van der Waals surface area contributed by atoms with Crippen molar-refractivity contribution in [3.05, 3.63) is 22.4 Å². The average Bonchev–Trinajstić information content (AvgIpc) is 2.69. The van der Waals surface area contributed by atoms with Crippen LogP contribution in [0.15, 0.2) is 17.5 Å². The van der Waals surface area contributed by atoms with Crippen LogP contribution in [0.25, 0.3) is 0 Å². The summed E-state index contributed by atoms with van der Waals surface area (Å²) < 4.78 is 0. The topological polar surface area (TPSA) is 29.3 Å². The summed E-state index contributed by atoms with van der Waals surface area (Å²) in [5, 5.41) is 2.13. The first-order valence-corrected chi connectivity index (χ1v) is 6.79. The molecule has 0 aliphatic rings. The Bertz CT molecular complexity index is 295. The van der Waals surface area contributed by atoms with Crippen LogP contribution in [0.2, 0.25) is 0 Å². The van der Waals surface area contributed by atoms with E-state index in [4.69, 9.17) is 5.73 Å². The molecule has 2 N–H and O–H groups in total. The summed E-state index contributed by atoms with van der Waals surface area (Å²) in [6.45, 7) is 8.49. The Morgan fingerprint density at radius 2 is 2.19 bits per heavy atom. The lowest BCUT2D eigenvalue weighted by Gasteiger charge is -2.39. The molecule has 0 aliphatic heterocycles. The van der Waals surface area contributed by atoms with Crippen molar-refractivity contribution in [2.45, 2.75) is 39.3 Å². The third-order valence-corrected chi connectivity index (χ3v) is 4.04. The largest absolute Gasteiger partial charge is 0.329 e. The van der Waals surface area contributed by atoms with Crippen LogP contribution < -0.4 is 5.73 Å². The number of hydrogen-bond acceptors (Lipinski definition) is 3. The molecule has 0 spiro atoms. The first-order chi connectivity index (χ1) is 7.48. The third kappa shape index (κ3) is 3.58. The highest BCUT2D eigenvalue weighted by Crippen LogP contribution is 2.24. The molecule has 16 heavy (non-hydrogen) atoms. The van der Waals surface area contributed by atoms with Gasteiger partial charge in [-0.15, -0.1) is 11.3 Å². The Hall–Kier alpha value is -0.380. The molecule has 0 aromatic carbocycles. The zero-order valence-electron chi connectivity index (χ0n) is 10.9. The quantitative estimate of drug-likeness (QED) is 0.828. The maximum Gasteiger partial charge on any atom is 0.0330 e.